The first-order valence-electron chi connectivity index (χ1n) is 4.95. The van der Waals surface area contributed by atoms with Crippen LogP contribution >= 0.6 is 0 Å². The van der Waals surface area contributed by atoms with Gasteiger partial charge in [-0.05, 0) is 13.3 Å². The molecular weight excluding hydrogens is 225 g/mol. The molecule has 7 heteroatoms. The van der Waals surface area contributed by atoms with Crippen LogP contribution in [0.5, 0.6) is 0 Å². The molecule has 0 aromatic carbocycles. The predicted octanol–water partition coefficient (Wildman–Crippen LogP) is 1.66. The van der Waals surface area contributed by atoms with E-state index in [0.717, 1.165) is 0 Å². The molecule has 1 fully saturated rings. The van der Waals surface area contributed by atoms with Crippen molar-refractivity contribution in [2.75, 3.05) is 6.54 Å². The highest BCUT2D eigenvalue weighted by atomic mass is 19.4. The van der Waals surface area contributed by atoms with Crippen LogP contribution in [-0.4, -0.2) is 35.1 Å². The molecule has 0 saturated carbocycles. The van der Waals surface area contributed by atoms with E-state index in [-0.39, 0.29) is 6.54 Å². The van der Waals surface area contributed by atoms with Crippen LogP contribution in [0.15, 0.2) is 0 Å². The number of urea groups is 1. The number of unbranched alkanes of at least 4 members (excludes halogenated alkanes) is 1. The number of nitrogens with one attached hydrogen (secondary N) is 1. The summed E-state index contributed by atoms with van der Waals surface area (Å²) < 4.78 is 37.8. The molecule has 0 aromatic rings. The monoisotopic (exact) mass is 238 g/mol. The second-order valence-corrected chi connectivity index (χ2v) is 3.86. The van der Waals surface area contributed by atoms with E-state index in [0.29, 0.717) is 24.7 Å². The van der Waals surface area contributed by atoms with Crippen molar-refractivity contribution >= 4 is 11.9 Å². The first-order valence-corrected chi connectivity index (χ1v) is 4.95. The SMILES string of the molecule is CCCCN1C(=O)NC(C)(C(F)(F)F)C1=O. The Labute approximate surface area is 90.8 Å². The average molecular weight is 238 g/mol. The third kappa shape index (κ3) is 1.85. The van der Waals surface area contributed by atoms with Crippen molar-refractivity contribution in [1.29, 1.82) is 0 Å². The van der Waals surface area contributed by atoms with Crippen molar-refractivity contribution in [2.45, 2.75) is 38.4 Å². The summed E-state index contributed by atoms with van der Waals surface area (Å²) in [6.07, 6.45) is -3.59. The van der Waals surface area contributed by atoms with Gasteiger partial charge in [0, 0.05) is 6.54 Å². The van der Waals surface area contributed by atoms with Crippen LogP contribution < -0.4 is 5.32 Å². The van der Waals surface area contributed by atoms with Crippen LogP contribution in [0.25, 0.3) is 0 Å². The highest BCUT2D eigenvalue weighted by Gasteiger charge is 2.64. The number of rotatable bonds is 3. The first kappa shape index (κ1) is 12.8. The van der Waals surface area contributed by atoms with E-state index >= 15 is 0 Å². The number of amides is 3. The zero-order chi connectivity index (χ0) is 12.6. The van der Waals surface area contributed by atoms with Crippen LogP contribution in [0.3, 0.4) is 0 Å². The van der Waals surface area contributed by atoms with Crippen molar-refractivity contribution in [3.05, 3.63) is 0 Å². The fourth-order valence-electron chi connectivity index (χ4n) is 1.41. The van der Waals surface area contributed by atoms with Crippen molar-refractivity contribution in [1.82, 2.24) is 10.2 Å². The summed E-state index contributed by atoms with van der Waals surface area (Å²) in [5.41, 5.74) is -2.78. The average Bonchev–Trinajstić information content (AvgIpc) is 2.36. The number of carbonyl (C=O) groups excluding carboxylic acids is 2. The van der Waals surface area contributed by atoms with E-state index < -0.39 is 23.7 Å². The lowest BCUT2D eigenvalue weighted by atomic mass is 10.0. The van der Waals surface area contributed by atoms with E-state index in [1.165, 1.54) is 0 Å². The summed E-state index contributed by atoms with van der Waals surface area (Å²) in [7, 11) is 0. The van der Waals surface area contributed by atoms with Crippen LogP contribution in [-0.2, 0) is 4.79 Å². The quantitative estimate of drug-likeness (QED) is 0.760. The topological polar surface area (TPSA) is 49.4 Å². The molecule has 1 heterocycles. The lowest BCUT2D eigenvalue weighted by Crippen LogP contribution is -2.56. The Morgan fingerprint density at radius 3 is 2.31 bits per heavy atom. The second-order valence-electron chi connectivity index (χ2n) is 3.86. The molecule has 3 amide bonds. The van der Waals surface area contributed by atoms with Crippen molar-refractivity contribution in [2.24, 2.45) is 0 Å². The minimum absolute atomic E-state index is 0.0207. The Bertz CT molecular complexity index is 316. The molecular formula is C9H13F3N2O2. The summed E-state index contributed by atoms with van der Waals surface area (Å²) in [5.74, 6) is -1.22. The third-order valence-corrected chi connectivity index (χ3v) is 2.58. The van der Waals surface area contributed by atoms with E-state index in [9.17, 15) is 22.8 Å². The molecule has 0 spiro atoms. The van der Waals surface area contributed by atoms with Crippen LogP contribution in [0.4, 0.5) is 18.0 Å². The fraction of sp³-hybridized carbons (Fsp3) is 0.778. The maximum Gasteiger partial charge on any atom is 0.420 e. The zero-order valence-electron chi connectivity index (χ0n) is 9.02. The highest BCUT2D eigenvalue weighted by molar-refractivity contribution is 6.07. The molecule has 92 valence electrons. The van der Waals surface area contributed by atoms with Gasteiger partial charge in [-0.1, -0.05) is 13.3 Å². The number of alkyl halides is 3. The van der Waals surface area contributed by atoms with E-state index in [2.05, 4.69) is 0 Å². The molecule has 1 atom stereocenters. The summed E-state index contributed by atoms with van der Waals surface area (Å²) in [6, 6.07) is -0.974. The molecule has 0 aliphatic carbocycles. The molecule has 16 heavy (non-hydrogen) atoms. The smallest absolute Gasteiger partial charge is 0.316 e. The second kappa shape index (κ2) is 3.95. The standard InChI is InChI=1S/C9H13F3N2O2/c1-3-4-5-14-6(15)8(2,9(10,11)12)13-7(14)16/h3-5H2,1-2H3,(H,13,16). The Balaban J connectivity index is 2.90. The van der Waals surface area contributed by atoms with Gasteiger partial charge in [0.15, 0.2) is 0 Å². The number of imide groups is 1. The number of nitrogens with zero attached hydrogens (tertiary/aromatic N) is 1. The normalized spacial score (nSPS) is 26.2. The Hall–Kier alpha value is -1.27. The van der Waals surface area contributed by atoms with Gasteiger partial charge in [-0.2, -0.15) is 13.2 Å². The molecule has 0 bridgehead atoms. The molecule has 1 saturated heterocycles. The lowest BCUT2D eigenvalue weighted by molar-refractivity contribution is -0.191. The van der Waals surface area contributed by atoms with Crippen molar-refractivity contribution < 1.29 is 22.8 Å². The zero-order valence-corrected chi connectivity index (χ0v) is 9.02. The molecule has 1 unspecified atom stereocenters. The number of hydrogen-bond donors (Lipinski definition) is 1. The first-order chi connectivity index (χ1) is 7.24. The van der Waals surface area contributed by atoms with Gasteiger partial charge in [0.25, 0.3) is 5.91 Å². The van der Waals surface area contributed by atoms with Crippen LogP contribution in [0.2, 0.25) is 0 Å². The molecule has 1 N–H and O–H groups in total. The van der Waals surface area contributed by atoms with Gasteiger partial charge in [0.1, 0.15) is 0 Å². The molecule has 1 aliphatic heterocycles. The minimum atomic E-state index is -4.78. The number of halogens is 3. The van der Waals surface area contributed by atoms with Crippen molar-refractivity contribution in [3.63, 3.8) is 0 Å². The van der Waals surface area contributed by atoms with Gasteiger partial charge in [-0.15, -0.1) is 0 Å². The Morgan fingerprint density at radius 2 is 1.94 bits per heavy atom. The Morgan fingerprint density at radius 1 is 1.38 bits per heavy atom. The predicted molar refractivity (Wildman–Crippen MR) is 49.6 cm³/mol. The number of carbonyl (C=O) groups is 2. The lowest BCUT2D eigenvalue weighted by Gasteiger charge is -2.24. The maximum absolute atomic E-state index is 12.6. The minimum Gasteiger partial charge on any atom is -0.316 e. The Kier molecular flexibility index (Phi) is 3.16. The van der Waals surface area contributed by atoms with Gasteiger partial charge >= 0.3 is 12.2 Å². The highest BCUT2D eigenvalue weighted by Crippen LogP contribution is 2.35. The molecule has 4 nitrogen and oxygen atoms in total. The molecule has 1 aliphatic rings. The van der Waals surface area contributed by atoms with Gasteiger partial charge in [-0.3, -0.25) is 9.69 Å². The van der Waals surface area contributed by atoms with Crippen LogP contribution in [0.1, 0.15) is 26.7 Å². The molecule has 0 radical (unpaired) electrons. The summed E-state index contributed by atoms with van der Waals surface area (Å²) in [5, 5.41) is 1.69. The fourth-order valence-corrected chi connectivity index (χ4v) is 1.41. The molecule has 0 aromatic heterocycles. The maximum atomic E-state index is 12.6. The molecule has 1 rings (SSSR count). The van der Waals surface area contributed by atoms with Gasteiger partial charge in [-0.25, -0.2) is 4.79 Å². The summed E-state index contributed by atoms with van der Waals surface area (Å²) in [4.78, 5) is 23.4. The van der Waals surface area contributed by atoms with Crippen LogP contribution in [0, 0.1) is 0 Å². The summed E-state index contributed by atoms with van der Waals surface area (Å²) in [6.45, 7) is 2.52. The van der Waals surface area contributed by atoms with E-state index in [4.69, 9.17) is 0 Å². The number of hydrogen-bond acceptors (Lipinski definition) is 2. The van der Waals surface area contributed by atoms with Gasteiger partial charge in [0.05, 0.1) is 0 Å². The largest absolute Gasteiger partial charge is 0.420 e. The van der Waals surface area contributed by atoms with E-state index in [1.54, 1.807) is 5.32 Å². The van der Waals surface area contributed by atoms with Crippen molar-refractivity contribution in [3.8, 4) is 0 Å². The van der Waals surface area contributed by atoms with Gasteiger partial charge in [0.2, 0.25) is 5.54 Å². The van der Waals surface area contributed by atoms with E-state index in [1.807, 2.05) is 6.92 Å². The van der Waals surface area contributed by atoms with Gasteiger partial charge < -0.3 is 5.32 Å². The third-order valence-electron chi connectivity index (χ3n) is 2.58. The summed E-state index contributed by atoms with van der Waals surface area (Å²) >= 11 is 0.